The maximum atomic E-state index is 11.1. The summed E-state index contributed by atoms with van der Waals surface area (Å²) in [6.07, 6.45) is 0.558. The number of hydrogen-bond donors (Lipinski definition) is 2. The summed E-state index contributed by atoms with van der Waals surface area (Å²) in [5, 5.41) is 1.86. The topological polar surface area (TPSA) is 58.4 Å². The van der Waals surface area contributed by atoms with Crippen LogP contribution in [0.1, 0.15) is 24.9 Å². The van der Waals surface area contributed by atoms with E-state index in [-0.39, 0.29) is 11.9 Å². The number of nitrogens with one attached hydrogen (secondary N) is 1. The summed E-state index contributed by atoms with van der Waals surface area (Å²) in [4.78, 5) is 11.1. The number of nitrogens with zero attached hydrogens (tertiary/aromatic N) is 1. The molecule has 3 N–H and O–H groups in total. The molecule has 1 saturated heterocycles. The first-order valence-electron chi connectivity index (χ1n) is 5.09. The molecule has 1 fully saturated rings. The number of anilines is 1. The van der Waals surface area contributed by atoms with Crippen molar-refractivity contribution >= 4 is 11.6 Å². The Kier molecular flexibility index (Phi) is 2.60. The fourth-order valence-electron chi connectivity index (χ4n) is 1.65. The van der Waals surface area contributed by atoms with Gasteiger partial charge in [-0.2, -0.15) is 0 Å². The number of carbonyl (C=O) groups excluding carboxylic acids is 1. The Balaban J connectivity index is 2.21. The highest BCUT2D eigenvalue weighted by Gasteiger charge is 2.18. The smallest absolute Gasteiger partial charge is 0.240 e. The summed E-state index contributed by atoms with van der Waals surface area (Å²) in [6.45, 7) is 2.67. The van der Waals surface area contributed by atoms with Crippen molar-refractivity contribution in [3.63, 3.8) is 0 Å². The normalized spacial score (nSPS) is 17.7. The van der Waals surface area contributed by atoms with Crippen LogP contribution in [-0.4, -0.2) is 12.5 Å². The molecule has 1 aliphatic rings. The highest BCUT2D eigenvalue weighted by atomic mass is 16.2. The lowest BCUT2D eigenvalue weighted by molar-refractivity contribution is -0.119. The van der Waals surface area contributed by atoms with Crippen LogP contribution in [0.15, 0.2) is 24.3 Å². The van der Waals surface area contributed by atoms with Crippen molar-refractivity contribution in [2.75, 3.05) is 11.6 Å². The molecule has 0 aromatic heterocycles. The molecule has 2 rings (SSSR count). The molecule has 0 bridgehead atoms. The molecule has 1 heterocycles. The maximum absolute atomic E-state index is 11.1. The largest absolute Gasteiger partial charge is 0.324 e. The first-order chi connectivity index (χ1) is 7.16. The van der Waals surface area contributed by atoms with Crippen molar-refractivity contribution in [3.8, 4) is 0 Å². The maximum Gasteiger partial charge on any atom is 0.240 e. The van der Waals surface area contributed by atoms with E-state index in [2.05, 4.69) is 5.43 Å². The fourth-order valence-corrected chi connectivity index (χ4v) is 1.65. The number of amides is 1. The Labute approximate surface area is 89.0 Å². The first kappa shape index (κ1) is 9.98. The van der Waals surface area contributed by atoms with Gasteiger partial charge in [-0.1, -0.05) is 12.1 Å². The zero-order chi connectivity index (χ0) is 10.8. The predicted molar refractivity (Wildman–Crippen MR) is 59.2 cm³/mol. The third kappa shape index (κ3) is 2.10. The van der Waals surface area contributed by atoms with Gasteiger partial charge in [0.25, 0.3) is 0 Å². The molecule has 0 spiro atoms. The van der Waals surface area contributed by atoms with E-state index in [4.69, 9.17) is 5.73 Å². The van der Waals surface area contributed by atoms with Gasteiger partial charge in [-0.15, -0.1) is 0 Å². The van der Waals surface area contributed by atoms with Crippen molar-refractivity contribution in [3.05, 3.63) is 29.8 Å². The fraction of sp³-hybridized carbons (Fsp3) is 0.364. The molecule has 0 aliphatic carbocycles. The van der Waals surface area contributed by atoms with Crippen LogP contribution in [0.5, 0.6) is 0 Å². The number of rotatable bonds is 2. The predicted octanol–water partition coefficient (Wildman–Crippen LogP) is 0.948. The monoisotopic (exact) mass is 205 g/mol. The number of benzene rings is 1. The molecule has 0 radical (unpaired) electrons. The van der Waals surface area contributed by atoms with Gasteiger partial charge in [0.15, 0.2) is 0 Å². The summed E-state index contributed by atoms with van der Waals surface area (Å²) in [6, 6.07) is 7.95. The molecule has 4 nitrogen and oxygen atoms in total. The van der Waals surface area contributed by atoms with E-state index in [0.29, 0.717) is 6.42 Å². The molecule has 1 aromatic carbocycles. The van der Waals surface area contributed by atoms with Crippen LogP contribution in [0.3, 0.4) is 0 Å². The van der Waals surface area contributed by atoms with E-state index in [9.17, 15) is 4.79 Å². The number of hydrogen-bond acceptors (Lipinski definition) is 3. The van der Waals surface area contributed by atoms with E-state index in [1.807, 2.05) is 36.2 Å². The van der Waals surface area contributed by atoms with Gasteiger partial charge in [-0.05, 0) is 24.6 Å². The zero-order valence-corrected chi connectivity index (χ0v) is 8.73. The zero-order valence-electron chi connectivity index (χ0n) is 8.73. The van der Waals surface area contributed by atoms with Crippen LogP contribution >= 0.6 is 0 Å². The molecule has 0 saturated carbocycles. The molecule has 1 aromatic rings. The Morgan fingerprint density at radius 3 is 2.93 bits per heavy atom. The summed E-state index contributed by atoms with van der Waals surface area (Å²) >= 11 is 0. The molecule has 80 valence electrons. The lowest BCUT2D eigenvalue weighted by atomic mass is 10.1. The highest BCUT2D eigenvalue weighted by Crippen LogP contribution is 2.20. The SMILES string of the molecule is CC(N)c1cccc(N2CCC(=O)N2)c1. The molecule has 15 heavy (non-hydrogen) atoms. The standard InChI is InChI=1S/C11H15N3O/c1-8(12)9-3-2-4-10(7-9)14-6-5-11(15)13-14/h2-4,7-8H,5-6,12H2,1H3,(H,13,15). The second-order valence-corrected chi connectivity index (χ2v) is 3.82. The van der Waals surface area contributed by atoms with Crippen molar-refractivity contribution in [2.24, 2.45) is 5.73 Å². The van der Waals surface area contributed by atoms with Crippen molar-refractivity contribution in [1.82, 2.24) is 5.43 Å². The minimum absolute atomic E-state index is 0.0169. The van der Waals surface area contributed by atoms with Crippen LogP contribution in [0.2, 0.25) is 0 Å². The van der Waals surface area contributed by atoms with Gasteiger partial charge in [-0.25, -0.2) is 0 Å². The van der Waals surface area contributed by atoms with E-state index in [1.54, 1.807) is 0 Å². The van der Waals surface area contributed by atoms with Gasteiger partial charge < -0.3 is 5.73 Å². The molecule has 1 atom stereocenters. The third-order valence-corrected chi connectivity index (χ3v) is 2.53. The minimum Gasteiger partial charge on any atom is -0.324 e. The van der Waals surface area contributed by atoms with E-state index in [0.717, 1.165) is 17.8 Å². The van der Waals surface area contributed by atoms with E-state index < -0.39 is 0 Å². The highest BCUT2D eigenvalue weighted by molar-refractivity contribution is 5.81. The average Bonchev–Trinajstić information content (AvgIpc) is 2.65. The molecule has 1 amide bonds. The van der Waals surface area contributed by atoms with E-state index in [1.165, 1.54) is 0 Å². The molecule has 4 heteroatoms. The molecule has 1 aliphatic heterocycles. The Bertz CT molecular complexity index is 376. The van der Waals surface area contributed by atoms with Crippen molar-refractivity contribution < 1.29 is 4.79 Å². The van der Waals surface area contributed by atoms with Gasteiger partial charge in [-0.3, -0.25) is 15.2 Å². The quantitative estimate of drug-likeness (QED) is 0.755. The Morgan fingerprint density at radius 2 is 2.33 bits per heavy atom. The second kappa shape index (κ2) is 3.90. The molecular formula is C11H15N3O. The van der Waals surface area contributed by atoms with Gasteiger partial charge in [0, 0.05) is 19.0 Å². The number of nitrogens with two attached hydrogens (primary N) is 1. The lowest BCUT2D eigenvalue weighted by Gasteiger charge is -2.18. The van der Waals surface area contributed by atoms with Crippen molar-refractivity contribution in [1.29, 1.82) is 0 Å². The minimum atomic E-state index is 0.0169. The van der Waals surface area contributed by atoms with E-state index >= 15 is 0 Å². The summed E-state index contributed by atoms with van der Waals surface area (Å²) in [5.74, 6) is 0.0706. The Morgan fingerprint density at radius 1 is 1.53 bits per heavy atom. The molecular weight excluding hydrogens is 190 g/mol. The van der Waals surface area contributed by atoms with Crippen LogP contribution < -0.4 is 16.2 Å². The van der Waals surface area contributed by atoms with Crippen LogP contribution in [0.25, 0.3) is 0 Å². The molecule has 1 unspecified atom stereocenters. The summed E-state index contributed by atoms with van der Waals surface area (Å²) in [5.41, 5.74) is 10.7. The van der Waals surface area contributed by atoms with Gasteiger partial charge >= 0.3 is 0 Å². The van der Waals surface area contributed by atoms with Gasteiger partial charge in [0.2, 0.25) is 5.91 Å². The average molecular weight is 205 g/mol. The second-order valence-electron chi connectivity index (χ2n) is 3.82. The van der Waals surface area contributed by atoms with Gasteiger partial charge in [0.1, 0.15) is 0 Å². The number of carbonyl (C=O) groups is 1. The van der Waals surface area contributed by atoms with Gasteiger partial charge in [0.05, 0.1) is 5.69 Å². The summed E-state index contributed by atoms with van der Waals surface area (Å²) < 4.78 is 0. The van der Waals surface area contributed by atoms with Crippen LogP contribution in [-0.2, 0) is 4.79 Å². The third-order valence-electron chi connectivity index (χ3n) is 2.53. The first-order valence-corrected chi connectivity index (χ1v) is 5.09. The number of hydrazine groups is 1. The Hall–Kier alpha value is -1.55. The van der Waals surface area contributed by atoms with Crippen LogP contribution in [0.4, 0.5) is 5.69 Å². The summed E-state index contributed by atoms with van der Waals surface area (Å²) in [7, 11) is 0. The van der Waals surface area contributed by atoms with Crippen molar-refractivity contribution in [2.45, 2.75) is 19.4 Å². The van der Waals surface area contributed by atoms with Crippen LogP contribution in [0, 0.1) is 0 Å². The lowest BCUT2D eigenvalue weighted by Crippen LogP contribution is -2.33.